The van der Waals surface area contributed by atoms with Gasteiger partial charge in [0.15, 0.2) is 11.6 Å². The fourth-order valence-corrected chi connectivity index (χ4v) is 1.85. The van der Waals surface area contributed by atoms with E-state index in [1.165, 1.54) is 13.2 Å². The molecule has 0 saturated carbocycles. The lowest BCUT2D eigenvalue weighted by Crippen LogP contribution is -1.99. The molecular weight excluding hydrogens is 267 g/mol. The molecule has 0 unspecified atom stereocenters. The SMILES string of the molecule is COc1c(F)cc(CCC(=O)O)cc1Br. The van der Waals surface area contributed by atoms with Crippen molar-refractivity contribution in [2.75, 3.05) is 7.11 Å². The van der Waals surface area contributed by atoms with E-state index >= 15 is 0 Å². The lowest BCUT2D eigenvalue weighted by atomic mass is 10.1. The van der Waals surface area contributed by atoms with Gasteiger partial charge in [-0.05, 0) is 40.0 Å². The number of carboxylic acid groups (broad SMARTS) is 1. The third-order valence-corrected chi connectivity index (χ3v) is 2.48. The van der Waals surface area contributed by atoms with Gasteiger partial charge in [0.1, 0.15) is 0 Å². The highest BCUT2D eigenvalue weighted by Crippen LogP contribution is 2.29. The van der Waals surface area contributed by atoms with Crippen molar-refractivity contribution in [2.24, 2.45) is 0 Å². The minimum atomic E-state index is -0.901. The molecule has 1 N–H and O–H groups in total. The molecule has 82 valence electrons. The van der Waals surface area contributed by atoms with Gasteiger partial charge < -0.3 is 9.84 Å². The quantitative estimate of drug-likeness (QED) is 0.920. The van der Waals surface area contributed by atoms with Crippen molar-refractivity contribution >= 4 is 21.9 Å². The summed E-state index contributed by atoms with van der Waals surface area (Å²) in [6.07, 6.45) is 0.285. The summed E-state index contributed by atoms with van der Waals surface area (Å²) < 4.78 is 18.6. The maximum Gasteiger partial charge on any atom is 0.303 e. The number of carboxylic acids is 1. The number of carbonyl (C=O) groups is 1. The highest BCUT2D eigenvalue weighted by atomic mass is 79.9. The Morgan fingerprint density at radius 3 is 2.73 bits per heavy atom. The van der Waals surface area contributed by atoms with Gasteiger partial charge in [0.05, 0.1) is 11.6 Å². The number of rotatable bonds is 4. The number of hydrogen-bond donors (Lipinski definition) is 1. The van der Waals surface area contributed by atoms with Crippen molar-refractivity contribution in [1.82, 2.24) is 0 Å². The third kappa shape index (κ3) is 3.20. The Labute approximate surface area is 95.0 Å². The maximum absolute atomic E-state index is 13.3. The van der Waals surface area contributed by atoms with Crippen LogP contribution in [0.5, 0.6) is 5.75 Å². The first-order valence-electron chi connectivity index (χ1n) is 4.28. The van der Waals surface area contributed by atoms with E-state index in [0.29, 0.717) is 16.5 Å². The van der Waals surface area contributed by atoms with Crippen molar-refractivity contribution in [3.63, 3.8) is 0 Å². The highest BCUT2D eigenvalue weighted by Gasteiger charge is 2.10. The zero-order chi connectivity index (χ0) is 11.4. The van der Waals surface area contributed by atoms with E-state index in [2.05, 4.69) is 15.9 Å². The summed E-state index contributed by atoms with van der Waals surface area (Å²) in [6.45, 7) is 0. The van der Waals surface area contributed by atoms with E-state index in [9.17, 15) is 9.18 Å². The molecule has 0 heterocycles. The summed E-state index contributed by atoms with van der Waals surface area (Å²) in [5.74, 6) is -1.26. The predicted molar refractivity (Wildman–Crippen MR) is 56.6 cm³/mol. The van der Waals surface area contributed by atoms with Crippen molar-refractivity contribution in [3.8, 4) is 5.75 Å². The van der Waals surface area contributed by atoms with Crippen LogP contribution in [0, 0.1) is 5.82 Å². The van der Waals surface area contributed by atoms with Crippen LogP contribution in [0.4, 0.5) is 4.39 Å². The summed E-state index contributed by atoms with van der Waals surface area (Å²) in [5, 5.41) is 8.48. The van der Waals surface area contributed by atoms with Gasteiger partial charge in [0, 0.05) is 6.42 Å². The molecule has 0 radical (unpaired) electrons. The van der Waals surface area contributed by atoms with Crippen LogP contribution in [0.15, 0.2) is 16.6 Å². The Hall–Kier alpha value is -1.10. The largest absolute Gasteiger partial charge is 0.492 e. The van der Waals surface area contributed by atoms with Crippen LogP contribution in [0.1, 0.15) is 12.0 Å². The van der Waals surface area contributed by atoms with E-state index in [1.54, 1.807) is 6.07 Å². The number of aliphatic carboxylic acids is 1. The van der Waals surface area contributed by atoms with E-state index in [1.807, 2.05) is 0 Å². The second-order valence-corrected chi connectivity index (χ2v) is 3.84. The zero-order valence-corrected chi connectivity index (χ0v) is 9.67. The molecule has 1 rings (SSSR count). The molecule has 0 aliphatic heterocycles. The molecule has 5 heteroatoms. The molecule has 0 spiro atoms. The monoisotopic (exact) mass is 276 g/mol. The molecule has 15 heavy (non-hydrogen) atoms. The maximum atomic E-state index is 13.3. The molecule has 1 aromatic rings. The fraction of sp³-hybridized carbons (Fsp3) is 0.300. The van der Waals surface area contributed by atoms with Crippen LogP contribution in [-0.4, -0.2) is 18.2 Å². The lowest BCUT2D eigenvalue weighted by molar-refractivity contribution is -0.136. The van der Waals surface area contributed by atoms with Crippen LogP contribution < -0.4 is 4.74 Å². The van der Waals surface area contributed by atoms with Gasteiger partial charge in [0.2, 0.25) is 0 Å². The number of methoxy groups -OCH3 is 1. The highest BCUT2D eigenvalue weighted by molar-refractivity contribution is 9.10. The lowest BCUT2D eigenvalue weighted by Gasteiger charge is -2.07. The Balaban J connectivity index is 2.88. The Morgan fingerprint density at radius 1 is 1.60 bits per heavy atom. The molecule has 1 aromatic carbocycles. The summed E-state index contributed by atoms with van der Waals surface area (Å²) in [5.41, 5.74) is 0.627. The van der Waals surface area contributed by atoms with Crippen LogP contribution in [0.3, 0.4) is 0 Å². The molecule has 0 aliphatic carbocycles. The summed E-state index contributed by atoms with van der Waals surface area (Å²) in [7, 11) is 1.38. The normalized spacial score (nSPS) is 10.1. The summed E-state index contributed by atoms with van der Waals surface area (Å²) in [4.78, 5) is 10.3. The first-order valence-corrected chi connectivity index (χ1v) is 5.07. The number of ether oxygens (including phenoxy) is 1. The van der Waals surface area contributed by atoms with Crippen molar-refractivity contribution in [3.05, 3.63) is 28.0 Å². The average molecular weight is 277 g/mol. The van der Waals surface area contributed by atoms with Crippen molar-refractivity contribution in [2.45, 2.75) is 12.8 Å². The van der Waals surface area contributed by atoms with Crippen LogP contribution in [0.2, 0.25) is 0 Å². The minimum Gasteiger partial charge on any atom is -0.492 e. The predicted octanol–water partition coefficient (Wildman–Crippen LogP) is 2.61. The standard InChI is InChI=1S/C10H10BrFO3/c1-15-10-7(11)4-6(5-8(10)12)2-3-9(13)14/h4-5H,2-3H2,1H3,(H,13,14). The molecule has 0 saturated heterocycles. The second kappa shape index (κ2) is 5.11. The first kappa shape index (κ1) is 12.0. The van der Waals surface area contributed by atoms with Gasteiger partial charge in [-0.3, -0.25) is 4.79 Å². The van der Waals surface area contributed by atoms with Gasteiger partial charge >= 0.3 is 5.97 Å². The Morgan fingerprint density at radius 2 is 2.27 bits per heavy atom. The van der Waals surface area contributed by atoms with Gasteiger partial charge in [-0.1, -0.05) is 0 Å². The fourth-order valence-electron chi connectivity index (χ4n) is 1.20. The molecular formula is C10H10BrFO3. The molecule has 0 aliphatic rings. The van der Waals surface area contributed by atoms with E-state index in [0.717, 1.165) is 0 Å². The molecule has 0 aromatic heterocycles. The number of hydrogen-bond acceptors (Lipinski definition) is 2. The Bertz CT molecular complexity index is 356. The average Bonchev–Trinajstić information content (AvgIpc) is 2.14. The topological polar surface area (TPSA) is 46.5 Å². The van der Waals surface area contributed by atoms with Crippen LogP contribution in [-0.2, 0) is 11.2 Å². The smallest absolute Gasteiger partial charge is 0.303 e. The van der Waals surface area contributed by atoms with Crippen molar-refractivity contribution in [1.29, 1.82) is 0 Å². The van der Waals surface area contributed by atoms with E-state index < -0.39 is 11.8 Å². The third-order valence-electron chi connectivity index (χ3n) is 1.89. The summed E-state index contributed by atoms with van der Waals surface area (Å²) in [6, 6.07) is 2.94. The Kier molecular flexibility index (Phi) is 4.08. The second-order valence-electron chi connectivity index (χ2n) is 2.99. The van der Waals surface area contributed by atoms with Crippen molar-refractivity contribution < 1.29 is 19.0 Å². The molecule has 0 atom stereocenters. The minimum absolute atomic E-state index is 0.0157. The zero-order valence-electron chi connectivity index (χ0n) is 8.09. The van der Waals surface area contributed by atoms with Gasteiger partial charge in [0.25, 0.3) is 0 Å². The molecule has 0 fully saturated rings. The number of aryl methyl sites for hydroxylation is 1. The van der Waals surface area contributed by atoms with E-state index in [-0.39, 0.29) is 12.2 Å². The first-order chi connectivity index (χ1) is 7.04. The number of benzene rings is 1. The van der Waals surface area contributed by atoms with Gasteiger partial charge in [-0.2, -0.15) is 0 Å². The van der Waals surface area contributed by atoms with Gasteiger partial charge in [-0.15, -0.1) is 0 Å². The van der Waals surface area contributed by atoms with Crippen LogP contribution in [0.25, 0.3) is 0 Å². The summed E-state index contributed by atoms with van der Waals surface area (Å²) >= 11 is 3.15. The molecule has 0 amide bonds. The molecule has 0 bridgehead atoms. The van der Waals surface area contributed by atoms with E-state index in [4.69, 9.17) is 9.84 Å². The number of halogens is 2. The molecule has 3 nitrogen and oxygen atoms in total. The van der Waals surface area contributed by atoms with Gasteiger partial charge in [-0.25, -0.2) is 4.39 Å². The van der Waals surface area contributed by atoms with Crippen LogP contribution >= 0.6 is 15.9 Å².